The van der Waals surface area contributed by atoms with Crippen LogP contribution in [0.4, 0.5) is 0 Å². The number of hydrogen-bond acceptors (Lipinski definition) is 2. The molecule has 0 saturated heterocycles. The molecule has 3 nitrogen and oxygen atoms in total. The lowest BCUT2D eigenvalue weighted by atomic mass is 10.2. The van der Waals surface area contributed by atoms with Crippen molar-refractivity contribution in [3.05, 3.63) is 29.8 Å². The number of carbonyl (C=O) groups excluding carboxylic acids is 1. The van der Waals surface area contributed by atoms with Gasteiger partial charge in [-0.1, -0.05) is 12.1 Å². The summed E-state index contributed by atoms with van der Waals surface area (Å²) in [6.07, 6.45) is 0.766. The van der Waals surface area contributed by atoms with Crippen LogP contribution in [0.15, 0.2) is 24.3 Å². The SMILES string of the molecule is COc1ccccc1C(=O)NCCCCl. The summed E-state index contributed by atoms with van der Waals surface area (Å²) in [4.78, 5) is 11.7. The quantitative estimate of drug-likeness (QED) is 0.618. The maximum absolute atomic E-state index is 11.7. The van der Waals surface area contributed by atoms with E-state index in [4.69, 9.17) is 16.3 Å². The van der Waals surface area contributed by atoms with E-state index in [0.29, 0.717) is 23.7 Å². The molecular weight excluding hydrogens is 214 g/mol. The molecule has 0 fully saturated rings. The molecule has 0 aliphatic carbocycles. The molecule has 1 aromatic rings. The number of carbonyl (C=O) groups is 1. The summed E-state index contributed by atoms with van der Waals surface area (Å²) in [5.74, 6) is 1.00. The van der Waals surface area contributed by atoms with Crippen LogP contribution in [0.25, 0.3) is 0 Å². The van der Waals surface area contributed by atoms with Gasteiger partial charge in [0.05, 0.1) is 12.7 Å². The average Bonchev–Trinajstić information content (AvgIpc) is 2.29. The Balaban J connectivity index is 2.64. The van der Waals surface area contributed by atoms with Crippen molar-refractivity contribution in [1.82, 2.24) is 5.32 Å². The Morgan fingerprint density at radius 1 is 1.47 bits per heavy atom. The monoisotopic (exact) mass is 227 g/mol. The van der Waals surface area contributed by atoms with Gasteiger partial charge in [-0.05, 0) is 18.6 Å². The summed E-state index contributed by atoms with van der Waals surface area (Å²) in [7, 11) is 1.55. The number of methoxy groups -OCH3 is 1. The van der Waals surface area contributed by atoms with Gasteiger partial charge in [-0.2, -0.15) is 0 Å². The smallest absolute Gasteiger partial charge is 0.255 e. The van der Waals surface area contributed by atoms with Crippen LogP contribution in [0.5, 0.6) is 5.75 Å². The molecule has 0 aliphatic heterocycles. The molecule has 0 heterocycles. The van der Waals surface area contributed by atoms with Gasteiger partial charge in [0, 0.05) is 12.4 Å². The number of alkyl halides is 1. The lowest BCUT2D eigenvalue weighted by Crippen LogP contribution is -2.25. The zero-order chi connectivity index (χ0) is 11.1. The van der Waals surface area contributed by atoms with Gasteiger partial charge in [-0.3, -0.25) is 4.79 Å². The maximum atomic E-state index is 11.7. The zero-order valence-corrected chi connectivity index (χ0v) is 9.38. The van der Waals surface area contributed by atoms with Crippen molar-refractivity contribution in [2.45, 2.75) is 6.42 Å². The predicted molar refractivity (Wildman–Crippen MR) is 60.7 cm³/mol. The molecule has 15 heavy (non-hydrogen) atoms. The van der Waals surface area contributed by atoms with E-state index in [1.807, 2.05) is 6.07 Å². The second kappa shape index (κ2) is 6.30. The molecule has 1 aromatic carbocycles. The van der Waals surface area contributed by atoms with Crippen molar-refractivity contribution in [3.63, 3.8) is 0 Å². The highest BCUT2D eigenvalue weighted by molar-refractivity contribution is 6.17. The molecule has 1 rings (SSSR count). The summed E-state index contributed by atoms with van der Waals surface area (Å²) >= 11 is 5.51. The number of rotatable bonds is 5. The average molecular weight is 228 g/mol. The highest BCUT2D eigenvalue weighted by atomic mass is 35.5. The van der Waals surface area contributed by atoms with Crippen LogP contribution in [-0.2, 0) is 0 Å². The largest absolute Gasteiger partial charge is 0.496 e. The van der Waals surface area contributed by atoms with Gasteiger partial charge < -0.3 is 10.1 Å². The first-order chi connectivity index (χ1) is 7.29. The number of para-hydroxylation sites is 1. The summed E-state index contributed by atoms with van der Waals surface area (Å²) in [5.41, 5.74) is 0.551. The highest BCUT2D eigenvalue weighted by Gasteiger charge is 2.09. The first-order valence-corrected chi connectivity index (χ1v) is 5.30. The van der Waals surface area contributed by atoms with Crippen LogP contribution in [0.3, 0.4) is 0 Å². The van der Waals surface area contributed by atoms with Crippen molar-refractivity contribution in [2.75, 3.05) is 19.5 Å². The predicted octanol–water partition coefficient (Wildman–Crippen LogP) is 2.05. The fraction of sp³-hybridized carbons (Fsp3) is 0.364. The minimum atomic E-state index is -0.127. The number of halogens is 1. The van der Waals surface area contributed by atoms with E-state index in [1.54, 1.807) is 25.3 Å². The van der Waals surface area contributed by atoms with Gasteiger partial charge in [-0.25, -0.2) is 0 Å². The Morgan fingerprint density at radius 2 is 2.20 bits per heavy atom. The van der Waals surface area contributed by atoms with Crippen molar-refractivity contribution in [3.8, 4) is 5.75 Å². The van der Waals surface area contributed by atoms with Crippen molar-refractivity contribution in [1.29, 1.82) is 0 Å². The Kier molecular flexibility index (Phi) is 4.98. The molecule has 0 aliphatic rings. The summed E-state index contributed by atoms with van der Waals surface area (Å²) < 4.78 is 5.09. The molecule has 0 radical (unpaired) electrons. The lowest BCUT2D eigenvalue weighted by Gasteiger charge is -2.08. The Bertz CT molecular complexity index is 328. The highest BCUT2D eigenvalue weighted by Crippen LogP contribution is 2.16. The second-order valence-corrected chi connectivity index (χ2v) is 3.38. The van der Waals surface area contributed by atoms with Gasteiger partial charge in [-0.15, -0.1) is 11.6 Å². The number of hydrogen-bond donors (Lipinski definition) is 1. The van der Waals surface area contributed by atoms with Gasteiger partial charge in [0.25, 0.3) is 5.91 Å². The Hall–Kier alpha value is -1.22. The van der Waals surface area contributed by atoms with E-state index in [0.717, 1.165) is 6.42 Å². The number of nitrogens with one attached hydrogen (secondary N) is 1. The van der Waals surface area contributed by atoms with Gasteiger partial charge in [0.1, 0.15) is 5.75 Å². The van der Waals surface area contributed by atoms with Crippen LogP contribution in [0, 0.1) is 0 Å². The third kappa shape index (κ3) is 3.44. The maximum Gasteiger partial charge on any atom is 0.255 e. The summed E-state index contributed by atoms with van der Waals surface area (Å²) in [5, 5.41) is 2.77. The second-order valence-electron chi connectivity index (χ2n) is 3.00. The molecule has 82 valence electrons. The fourth-order valence-electron chi connectivity index (χ4n) is 1.20. The van der Waals surface area contributed by atoms with Crippen molar-refractivity contribution >= 4 is 17.5 Å². The molecule has 0 aromatic heterocycles. The number of benzene rings is 1. The lowest BCUT2D eigenvalue weighted by molar-refractivity contribution is 0.0951. The van der Waals surface area contributed by atoms with E-state index in [-0.39, 0.29) is 5.91 Å². The summed E-state index contributed by atoms with van der Waals surface area (Å²) in [6.45, 7) is 0.584. The van der Waals surface area contributed by atoms with E-state index >= 15 is 0 Å². The standard InChI is InChI=1S/C11H14ClNO2/c1-15-10-6-3-2-5-9(10)11(14)13-8-4-7-12/h2-3,5-6H,4,7-8H2,1H3,(H,13,14). The Morgan fingerprint density at radius 3 is 2.87 bits per heavy atom. The van der Waals surface area contributed by atoms with Crippen molar-refractivity contribution < 1.29 is 9.53 Å². The normalized spacial score (nSPS) is 9.73. The van der Waals surface area contributed by atoms with Gasteiger partial charge in [0.2, 0.25) is 0 Å². The van der Waals surface area contributed by atoms with E-state index in [2.05, 4.69) is 5.32 Å². The van der Waals surface area contributed by atoms with Crippen LogP contribution in [0.2, 0.25) is 0 Å². The van der Waals surface area contributed by atoms with E-state index in [9.17, 15) is 4.79 Å². The third-order valence-electron chi connectivity index (χ3n) is 1.95. The van der Waals surface area contributed by atoms with Crippen molar-refractivity contribution in [2.24, 2.45) is 0 Å². The molecule has 0 spiro atoms. The fourth-order valence-corrected chi connectivity index (χ4v) is 1.33. The van der Waals surface area contributed by atoms with Crippen LogP contribution >= 0.6 is 11.6 Å². The Labute approximate surface area is 94.4 Å². The summed E-state index contributed by atoms with van der Waals surface area (Å²) in [6, 6.07) is 7.12. The van der Waals surface area contributed by atoms with Crippen LogP contribution in [0.1, 0.15) is 16.8 Å². The minimum absolute atomic E-state index is 0.127. The molecule has 0 saturated carbocycles. The molecule has 0 unspecified atom stereocenters. The third-order valence-corrected chi connectivity index (χ3v) is 2.21. The minimum Gasteiger partial charge on any atom is -0.496 e. The van der Waals surface area contributed by atoms with Gasteiger partial charge >= 0.3 is 0 Å². The molecule has 0 atom stereocenters. The zero-order valence-electron chi connectivity index (χ0n) is 8.63. The van der Waals surface area contributed by atoms with Gasteiger partial charge in [0.15, 0.2) is 0 Å². The first kappa shape index (κ1) is 11.9. The van der Waals surface area contributed by atoms with E-state index in [1.165, 1.54) is 0 Å². The molecular formula is C11H14ClNO2. The molecule has 1 amide bonds. The molecule has 4 heteroatoms. The topological polar surface area (TPSA) is 38.3 Å². The molecule has 0 bridgehead atoms. The van der Waals surface area contributed by atoms with Crippen LogP contribution < -0.4 is 10.1 Å². The number of ether oxygens (including phenoxy) is 1. The van der Waals surface area contributed by atoms with E-state index < -0.39 is 0 Å². The number of amides is 1. The first-order valence-electron chi connectivity index (χ1n) is 4.76. The molecule has 1 N–H and O–H groups in total. The van der Waals surface area contributed by atoms with Crippen LogP contribution in [-0.4, -0.2) is 25.4 Å².